The van der Waals surface area contributed by atoms with Crippen LogP contribution in [0.25, 0.3) is 0 Å². The number of aliphatic hydroxyl groups is 1. The first-order valence-corrected chi connectivity index (χ1v) is 7.88. The van der Waals surface area contributed by atoms with Crippen LogP contribution in [0.2, 0.25) is 5.02 Å². The lowest BCUT2D eigenvalue weighted by Crippen LogP contribution is -2.47. The largest absolute Gasteiger partial charge is 0.388 e. The molecule has 0 aliphatic carbocycles. The highest BCUT2D eigenvalue weighted by Gasteiger charge is 2.32. The Kier molecular flexibility index (Phi) is 5.28. The van der Waals surface area contributed by atoms with Crippen molar-refractivity contribution in [3.8, 4) is 0 Å². The number of hydrogen-bond donors (Lipinski definition) is 1. The second kappa shape index (κ2) is 6.60. The molecule has 0 saturated carbocycles. The van der Waals surface area contributed by atoms with Gasteiger partial charge < -0.3 is 14.7 Å². The average molecular weight is 410 g/mol. The predicted octanol–water partition coefficient (Wildman–Crippen LogP) is 2.56. The molecule has 1 amide bonds. The second-order valence-corrected chi connectivity index (χ2v) is 6.72. The summed E-state index contributed by atoms with van der Waals surface area (Å²) in [5.74, 6) is -0.128. The molecule has 110 valence electrons. The Labute approximate surface area is 137 Å². The van der Waals surface area contributed by atoms with Gasteiger partial charge in [-0.25, -0.2) is 0 Å². The van der Waals surface area contributed by atoms with Gasteiger partial charge in [0, 0.05) is 48.2 Å². The van der Waals surface area contributed by atoms with Gasteiger partial charge in [-0.15, -0.1) is 0 Å². The third-order valence-electron chi connectivity index (χ3n) is 3.46. The van der Waals surface area contributed by atoms with Gasteiger partial charge in [-0.2, -0.15) is 0 Å². The van der Waals surface area contributed by atoms with E-state index in [4.69, 9.17) is 16.3 Å². The minimum absolute atomic E-state index is 0.128. The molecule has 0 atom stereocenters. The topological polar surface area (TPSA) is 49.8 Å². The lowest BCUT2D eigenvalue weighted by molar-refractivity contribution is -0.0734. The van der Waals surface area contributed by atoms with Gasteiger partial charge in [-0.05, 0) is 40.8 Å². The zero-order valence-corrected chi connectivity index (χ0v) is 14.1. The van der Waals surface area contributed by atoms with Crippen LogP contribution in [0.4, 0.5) is 0 Å². The molecule has 1 heterocycles. The van der Waals surface area contributed by atoms with Gasteiger partial charge >= 0.3 is 0 Å². The van der Waals surface area contributed by atoms with Gasteiger partial charge in [-0.1, -0.05) is 11.6 Å². The maximum atomic E-state index is 12.5. The summed E-state index contributed by atoms with van der Waals surface area (Å²) in [5, 5.41) is 11.0. The molecule has 0 bridgehead atoms. The van der Waals surface area contributed by atoms with Crippen molar-refractivity contribution < 1.29 is 14.6 Å². The first kappa shape index (κ1) is 16.0. The van der Waals surface area contributed by atoms with Crippen molar-refractivity contribution in [2.75, 3.05) is 26.8 Å². The number of carbonyl (C=O) groups excluding carboxylic acids is 1. The van der Waals surface area contributed by atoms with E-state index in [1.54, 1.807) is 24.1 Å². The molecule has 2 rings (SSSR count). The zero-order valence-electron chi connectivity index (χ0n) is 11.2. The number of likely N-dealkylation sites (N-methyl/N-ethyl adjacent to an activating group) is 1. The summed E-state index contributed by atoms with van der Waals surface area (Å²) in [7, 11) is 1.70. The molecule has 1 N–H and O–H groups in total. The molecular formula is C14H17ClINO3. The third-order valence-corrected chi connectivity index (χ3v) is 4.64. The fraction of sp³-hybridized carbons (Fsp3) is 0.500. The lowest BCUT2D eigenvalue weighted by atomic mass is 9.94. The first-order chi connectivity index (χ1) is 9.41. The Morgan fingerprint density at radius 3 is 2.80 bits per heavy atom. The summed E-state index contributed by atoms with van der Waals surface area (Å²) in [4.78, 5) is 14.0. The van der Waals surface area contributed by atoms with Crippen molar-refractivity contribution in [2.45, 2.75) is 18.4 Å². The maximum Gasteiger partial charge on any atom is 0.254 e. The van der Waals surface area contributed by atoms with Crippen LogP contribution < -0.4 is 0 Å². The second-order valence-electron chi connectivity index (χ2n) is 5.12. The highest BCUT2D eigenvalue weighted by molar-refractivity contribution is 14.1. The number of benzene rings is 1. The number of hydrogen-bond acceptors (Lipinski definition) is 3. The maximum absolute atomic E-state index is 12.5. The van der Waals surface area contributed by atoms with Gasteiger partial charge in [-0.3, -0.25) is 4.79 Å². The Balaban J connectivity index is 2.10. The molecule has 0 aromatic heterocycles. The first-order valence-electron chi connectivity index (χ1n) is 6.42. The van der Waals surface area contributed by atoms with Crippen molar-refractivity contribution >= 4 is 40.1 Å². The fourth-order valence-corrected chi connectivity index (χ4v) is 3.03. The van der Waals surface area contributed by atoms with Crippen LogP contribution in [0, 0.1) is 3.57 Å². The van der Waals surface area contributed by atoms with Crippen molar-refractivity contribution in [3.05, 3.63) is 32.4 Å². The van der Waals surface area contributed by atoms with Crippen molar-refractivity contribution in [1.29, 1.82) is 0 Å². The average Bonchev–Trinajstić information content (AvgIpc) is 2.41. The molecule has 1 aliphatic heterocycles. The van der Waals surface area contributed by atoms with Crippen LogP contribution in [0.3, 0.4) is 0 Å². The monoisotopic (exact) mass is 409 g/mol. The summed E-state index contributed by atoms with van der Waals surface area (Å²) < 4.78 is 6.09. The quantitative estimate of drug-likeness (QED) is 0.781. The van der Waals surface area contributed by atoms with E-state index >= 15 is 0 Å². The summed E-state index contributed by atoms with van der Waals surface area (Å²) in [6.45, 7) is 1.37. The zero-order chi connectivity index (χ0) is 14.8. The minimum Gasteiger partial charge on any atom is -0.388 e. The SMILES string of the molecule is CN(CC1(O)CCOCC1)C(=O)c1cc(Cl)ccc1I. The van der Waals surface area contributed by atoms with E-state index in [1.807, 2.05) is 6.07 Å². The van der Waals surface area contributed by atoms with Crippen LogP contribution >= 0.6 is 34.2 Å². The van der Waals surface area contributed by atoms with Crippen LogP contribution in [-0.4, -0.2) is 48.3 Å². The summed E-state index contributed by atoms with van der Waals surface area (Å²) in [5.41, 5.74) is -0.289. The molecule has 1 fully saturated rings. The molecule has 1 aromatic carbocycles. The Morgan fingerprint density at radius 1 is 1.50 bits per heavy atom. The van der Waals surface area contributed by atoms with E-state index in [2.05, 4.69) is 22.6 Å². The molecule has 1 aromatic rings. The molecular weight excluding hydrogens is 393 g/mol. The number of rotatable bonds is 3. The predicted molar refractivity (Wildman–Crippen MR) is 86.1 cm³/mol. The summed E-state index contributed by atoms with van der Waals surface area (Å²) in [6, 6.07) is 5.23. The molecule has 20 heavy (non-hydrogen) atoms. The minimum atomic E-state index is -0.854. The van der Waals surface area contributed by atoms with E-state index in [0.29, 0.717) is 43.2 Å². The van der Waals surface area contributed by atoms with E-state index in [-0.39, 0.29) is 5.91 Å². The molecule has 1 aliphatic rings. The number of halogens is 2. The standard InChI is InChI=1S/C14H17ClINO3/c1-17(9-14(19)4-6-20-7-5-14)13(18)11-8-10(15)2-3-12(11)16/h2-3,8,19H,4-7,9H2,1H3. The highest BCUT2D eigenvalue weighted by atomic mass is 127. The van der Waals surface area contributed by atoms with Gasteiger partial charge in [0.15, 0.2) is 0 Å². The molecule has 6 heteroatoms. The number of nitrogens with zero attached hydrogens (tertiary/aromatic N) is 1. The van der Waals surface area contributed by atoms with Crippen molar-refractivity contribution in [3.63, 3.8) is 0 Å². The Bertz CT molecular complexity index is 503. The lowest BCUT2D eigenvalue weighted by Gasteiger charge is -2.35. The van der Waals surface area contributed by atoms with Gasteiger partial charge in [0.1, 0.15) is 0 Å². The highest BCUT2D eigenvalue weighted by Crippen LogP contribution is 2.24. The summed E-state index contributed by atoms with van der Waals surface area (Å²) in [6.07, 6.45) is 1.11. The van der Waals surface area contributed by atoms with E-state index in [1.165, 1.54) is 0 Å². The Morgan fingerprint density at radius 2 is 2.15 bits per heavy atom. The fourth-order valence-electron chi connectivity index (χ4n) is 2.29. The van der Waals surface area contributed by atoms with Gasteiger partial charge in [0.05, 0.1) is 11.2 Å². The summed E-state index contributed by atoms with van der Waals surface area (Å²) >= 11 is 8.06. The number of amides is 1. The third kappa shape index (κ3) is 3.84. The number of ether oxygens (including phenoxy) is 1. The van der Waals surface area contributed by atoms with Gasteiger partial charge in [0.2, 0.25) is 0 Å². The van der Waals surface area contributed by atoms with E-state index in [0.717, 1.165) is 3.57 Å². The molecule has 0 unspecified atom stereocenters. The molecule has 0 spiro atoms. The van der Waals surface area contributed by atoms with Crippen LogP contribution in [0.5, 0.6) is 0 Å². The van der Waals surface area contributed by atoms with Crippen molar-refractivity contribution in [2.24, 2.45) is 0 Å². The van der Waals surface area contributed by atoms with Crippen LogP contribution in [0.1, 0.15) is 23.2 Å². The smallest absolute Gasteiger partial charge is 0.254 e. The van der Waals surface area contributed by atoms with Crippen LogP contribution in [-0.2, 0) is 4.74 Å². The van der Waals surface area contributed by atoms with Gasteiger partial charge in [0.25, 0.3) is 5.91 Å². The normalized spacial score (nSPS) is 17.8. The molecule has 0 radical (unpaired) electrons. The Hall–Kier alpha value is -0.370. The van der Waals surface area contributed by atoms with Crippen molar-refractivity contribution in [1.82, 2.24) is 4.90 Å². The molecule has 1 saturated heterocycles. The van der Waals surface area contributed by atoms with E-state index < -0.39 is 5.60 Å². The van der Waals surface area contributed by atoms with Crippen LogP contribution in [0.15, 0.2) is 18.2 Å². The number of carbonyl (C=O) groups is 1. The van der Waals surface area contributed by atoms with E-state index in [9.17, 15) is 9.90 Å². The molecule has 4 nitrogen and oxygen atoms in total.